The van der Waals surface area contributed by atoms with E-state index in [9.17, 15) is 0 Å². The lowest BCUT2D eigenvalue weighted by Gasteiger charge is -2.17. The summed E-state index contributed by atoms with van der Waals surface area (Å²) in [5.74, 6) is 0. The van der Waals surface area contributed by atoms with Gasteiger partial charge in [0, 0.05) is 0 Å². The van der Waals surface area contributed by atoms with Crippen molar-refractivity contribution in [3.05, 3.63) is 180 Å². The lowest BCUT2D eigenvalue weighted by atomic mass is 9.87. The van der Waals surface area contributed by atoms with Gasteiger partial charge in [0.25, 0.3) is 0 Å². The Labute approximate surface area is 284 Å². The fourth-order valence-corrected chi connectivity index (χ4v) is 7.32. The summed E-state index contributed by atoms with van der Waals surface area (Å²) in [4.78, 5) is 0. The van der Waals surface area contributed by atoms with Gasteiger partial charge in [-0.3, -0.25) is 0 Å². The molecular formula is C48H38. The third kappa shape index (κ3) is 5.50. The fraction of sp³-hybridized carbons (Fsp3) is 0.0833. The number of benzene rings is 8. The summed E-state index contributed by atoms with van der Waals surface area (Å²) in [6.45, 7) is 8.69. The third-order valence-corrected chi connectivity index (χ3v) is 9.66. The van der Waals surface area contributed by atoms with Crippen LogP contribution in [0.25, 0.3) is 77.2 Å². The van der Waals surface area contributed by atoms with E-state index in [2.05, 4.69) is 185 Å². The Morgan fingerprint density at radius 1 is 0.229 bits per heavy atom. The van der Waals surface area contributed by atoms with Crippen LogP contribution >= 0.6 is 0 Å². The van der Waals surface area contributed by atoms with E-state index in [1.54, 1.807) is 0 Å². The molecule has 0 N–H and O–H groups in total. The summed E-state index contributed by atoms with van der Waals surface area (Å²) < 4.78 is 0. The number of fused-ring (bicyclic) bond motifs is 2. The van der Waals surface area contributed by atoms with Crippen molar-refractivity contribution in [3.63, 3.8) is 0 Å². The molecule has 0 nitrogen and oxygen atoms in total. The molecule has 48 heavy (non-hydrogen) atoms. The number of hydrogen-bond donors (Lipinski definition) is 0. The highest BCUT2D eigenvalue weighted by Crippen LogP contribution is 2.42. The summed E-state index contributed by atoms with van der Waals surface area (Å²) in [6, 6.07) is 58.7. The van der Waals surface area contributed by atoms with Crippen LogP contribution in [0.1, 0.15) is 22.3 Å². The molecule has 8 aromatic rings. The molecule has 0 unspecified atom stereocenters. The molecule has 0 aliphatic rings. The zero-order valence-corrected chi connectivity index (χ0v) is 28.0. The maximum Gasteiger partial charge on any atom is -0.00930 e. The minimum atomic E-state index is 1.22. The number of aryl methyl sites for hydroxylation is 4. The largest absolute Gasteiger partial charge is 0.0614 e. The second-order valence-corrected chi connectivity index (χ2v) is 13.3. The first-order chi connectivity index (χ1) is 23.4. The summed E-state index contributed by atoms with van der Waals surface area (Å²) in [7, 11) is 0. The molecule has 0 bridgehead atoms. The van der Waals surface area contributed by atoms with Crippen LogP contribution in [0.2, 0.25) is 0 Å². The van der Waals surface area contributed by atoms with Gasteiger partial charge in [-0.1, -0.05) is 162 Å². The lowest BCUT2D eigenvalue weighted by Crippen LogP contribution is -1.91. The molecule has 0 saturated carbocycles. The van der Waals surface area contributed by atoms with Gasteiger partial charge in [0.15, 0.2) is 0 Å². The molecule has 0 fully saturated rings. The van der Waals surface area contributed by atoms with Gasteiger partial charge in [-0.25, -0.2) is 0 Å². The first-order valence-electron chi connectivity index (χ1n) is 16.8. The second-order valence-electron chi connectivity index (χ2n) is 13.3. The smallest absolute Gasteiger partial charge is 0.00930 e. The van der Waals surface area contributed by atoms with E-state index >= 15 is 0 Å². The van der Waals surface area contributed by atoms with Gasteiger partial charge in [-0.05, 0) is 123 Å². The minimum absolute atomic E-state index is 1.22. The van der Waals surface area contributed by atoms with E-state index in [1.165, 1.54) is 99.4 Å². The average molecular weight is 615 g/mol. The molecule has 0 saturated heterocycles. The lowest BCUT2D eigenvalue weighted by molar-refractivity contribution is 1.46. The Bertz CT molecular complexity index is 2490. The monoisotopic (exact) mass is 614 g/mol. The van der Waals surface area contributed by atoms with Gasteiger partial charge in [-0.2, -0.15) is 0 Å². The van der Waals surface area contributed by atoms with E-state index in [4.69, 9.17) is 0 Å². The molecule has 8 aromatic carbocycles. The maximum absolute atomic E-state index is 2.42. The van der Waals surface area contributed by atoms with Crippen LogP contribution in [-0.4, -0.2) is 0 Å². The highest BCUT2D eigenvalue weighted by atomic mass is 14.2. The van der Waals surface area contributed by atoms with Gasteiger partial charge in [-0.15, -0.1) is 0 Å². The van der Waals surface area contributed by atoms with Crippen molar-refractivity contribution >= 4 is 21.5 Å². The van der Waals surface area contributed by atoms with Gasteiger partial charge >= 0.3 is 0 Å². The van der Waals surface area contributed by atoms with Crippen molar-refractivity contribution in [3.8, 4) is 55.6 Å². The molecule has 0 radical (unpaired) electrons. The van der Waals surface area contributed by atoms with Crippen molar-refractivity contribution in [2.24, 2.45) is 0 Å². The van der Waals surface area contributed by atoms with E-state index < -0.39 is 0 Å². The standard InChI is InChI=1S/C48H38/c1-31-10-5-14-36(24-31)41-18-9-19-44-46(39-17-8-13-34(4)27-39)29-40(30-48(41)44)35-20-21-45-42(37-15-6-11-32(2)25-37)22-23-43(47(45)28-35)38-16-7-12-33(3)26-38/h5-30H,1-4H3. The summed E-state index contributed by atoms with van der Waals surface area (Å²) in [5, 5.41) is 5.07. The Balaban J connectivity index is 1.42. The molecule has 0 aromatic heterocycles. The maximum atomic E-state index is 2.42. The molecule has 0 heteroatoms. The zero-order chi connectivity index (χ0) is 32.8. The van der Waals surface area contributed by atoms with Crippen molar-refractivity contribution in [2.75, 3.05) is 0 Å². The van der Waals surface area contributed by atoms with E-state index in [0.717, 1.165) is 0 Å². The highest BCUT2D eigenvalue weighted by molar-refractivity contribution is 6.09. The Kier molecular flexibility index (Phi) is 7.50. The van der Waals surface area contributed by atoms with Gasteiger partial charge in [0.2, 0.25) is 0 Å². The average Bonchev–Trinajstić information content (AvgIpc) is 3.10. The van der Waals surface area contributed by atoms with Gasteiger partial charge < -0.3 is 0 Å². The van der Waals surface area contributed by atoms with Crippen LogP contribution in [0, 0.1) is 27.7 Å². The quantitative estimate of drug-likeness (QED) is 0.181. The van der Waals surface area contributed by atoms with E-state index in [-0.39, 0.29) is 0 Å². The first-order valence-corrected chi connectivity index (χ1v) is 16.8. The normalized spacial score (nSPS) is 11.3. The van der Waals surface area contributed by atoms with Crippen LogP contribution in [0.3, 0.4) is 0 Å². The van der Waals surface area contributed by atoms with Crippen LogP contribution in [0.15, 0.2) is 158 Å². The molecule has 0 atom stereocenters. The molecule has 230 valence electrons. The third-order valence-electron chi connectivity index (χ3n) is 9.66. The first kappa shape index (κ1) is 29.7. The van der Waals surface area contributed by atoms with Crippen molar-refractivity contribution in [2.45, 2.75) is 27.7 Å². The summed E-state index contributed by atoms with van der Waals surface area (Å²) in [6.07, 6.45) is 0. The predicted octanol–water partition coefficient (Wildman–Crippen LogP) is 13.6. The van der Waals surface area contributed by atoms with Gasteiger partial charge in [0.05, 0.1) is 0 Å². The number of hydrogen-bond acceptors (Lipinski definition) is 0. The SMILES string of the molecule is Cc1cccc(-c2ccc(-c3cccc(C)c3)c3cc(-c4cc(-c5cccc(C)c5)c5cccc(-c6cccc(C)c6)c5c4)ccc23)c1. The molecule has 0 amide bonds. The molecule has 0 spiro atoms. The van der Waals surface area contributed by atoms with Gasteiger partial charge in [0.1, 0.15) is 0 Å². The number of rotatable bonds is 5. The van der Waals surface area contributed by atoms with Crippen molar-refractivity contribution in [1.29, 1.82) is 0 Å². The van der Waals surface area contributed by atoms with Crippen molar-refractivity contribution in [1.82, 2.24) is 0 Å². The summed E-state index contributed by atoms with van der Waals surface area (Å²) >= 11 is 0. The zero-order valence-electron chi connectivity index (χ0n) is 28.0. The highest BCUT2D eigenvalue weighted by Gasteiger charge is 2.15. The van der Waals surface area contributed by atoms with Crippen LogP contribution in [0.4, 0.5) is 0 Å². The molecule has 0 aliphatic heterocycles. The summed E-state index contributed by atoms with van der Waals surface area (Å²) in [5.41, 5.74) is 17.5. The molecule has 0 aliphatic carbocycles. The van der Waals surface area contributed by atoms with Crippen LogP contribution < -0.4 is 0 Å². The molecule has 0 heterocycles. The van der Waals surface area contributed by atoms with Crippen molar-refractivity contribution < 1.29 is 0 Å². The van der Waals surface area contributed by atoms with E-state index in [0.29, 0.717) is 0 Å². The molecule has 8 rings (SSSR count). The Morgan fingerprint density at radius 2 is 0.625 bits per heavy atom. The van der Waals surface area contributed by atoms with E-state index in [1.807, 2.05) is 0 Å². The van der Waals surface area contributed by atoms with Crippen LogP contribution in [0.5, 0.6) is 0 Å². The predicted molar refractivity (Wildman–Crippen MR) is 208 cm³/mol. The topological polar surface area (TPSA) is 0 Å². The second kappa shape index (κ2) is 12.1. The fourth-order valence-electron chi connectivity index (χ4n) is 7.32. The molecular weight excluding hydrogens is 577 g/mol. The Morgan fingerprint density at radius 3 is 1.12 bits per heavy atom. The van der Waals surface area contributed by atoms with Crippen LogP contribution in [-0.2, 0) is 0 Å². The minimum Gasteiger partial charge on any atom is -0.0614 e. The Hall–Kier alpha value is -5.72.